The smallest absolute Gasteiger partial charge is 0.0396 e. The van der Waals surface area contributed by atoms with E-state index >= 15 is 0 Å². The van der Waals surface area contributed by atoms with Crippen molar-refractivity contribution < 1.29 is 0 Å². The fourth-order valence-electron chi connectivity index (χ4n) is 2.01. The van der Waals surface area contributed by atoms with Crippen molar-refractivity contribution in [3.05, 3.63) is 29.3 Å². The molecule has 0 fully saturated rings. The predicted molar refractivity (Wildman–Crippen MR) is 77.1 cm³/mol. The molecule has 0 saturated heterocycles. The second kappa shape index (κ2) is 6.65. The first-order chi connectivity index (χ1) is 8.06. The Morgan fingerprint density at radius 1 is 1.29 bits per heavy atom. The van der Waals surface area contributed by atoms with Crippen LogP contribution >= 0.6 is 0 Å². The van der Waals surface area contributed by atoms with Gasteiger partial charge in [-0.25, -0.2) is 0 Å². The summed E-state index contributed by atoms with van der Waals surface area (Å²) in [6, 6.07) is 6.81. The van der Waals surface area contributed by atoms with Crippen LogP contribution in [0, 0.1) is 6.92 Å². The number of anilines is 1. The number of nitrogens with zero attached hydrogens (tertiary/aromatic N) is 1. The summed E-state index contributed by atoms with van der Waals surface area (Å²) in [5, 5.41) is 3.19. The minimum absolute atomic E-state index is 0.597. The highest BCUT2D eigenvalue weighted by molar-refractivity contribution is 5.54. The summed E-state index contributed by atoms with van der Waals surface area (Å²) < 4.78 is 0. The fraction of sp³-hybridized carbons (Fsp3) is 0.600. The molecule has 1 N–H and O–H groups in total. The highest BCUT2D eigenvalue weighted by Crippen LogP contribution is 2.24. The quantitative estimate of drug-likeness (QED) is 0.761. The Labute approximate surface area is 106 Å². The molecule has 0 atom stereocenters. The minimum Gasteiger partial charge on any atom is -0.374 e. The third-order valence-corrected chi connectivity index (χ3v) is 3.23. The zero-order valence-corrected chi connectivity index (χ0v) is 11.9. The van der Waals surface area contributed by atoms with Crippen LogP contribution in [0.2, 0.25) is 0 Å². The maximum absolute atomic E-state index is 3.19. The molecule has 2 nitrogen and oxygen atoms in total. The van der Waals surface area contributed by atoms with E-state index < -0.39 is 0 Å². The van der Waals surface area contributed by atoms with Crippen molar-refractivity contribution >= 4 is 5.69 Å². The van der Waals surface area contributed by atoms with Crippen LogP contribution < -0.4 is 10.2 Å². The van der Waals surface area contributed by atoms with E-state index in [1.165, 1.54) is 23.2 Å². The van der Waals surface area contributed by atoms with Gasteiger partial charge in [0.05, 0.1) is 0 Å². The first-order valence-corrected chi connectivity index (χ1v) is 6.52. The molecule has 1 aromatic carbocycles. The lowest BCUT2D eigenvalue weighted by Crippen LogP contribution is -2.23. The van der Waals surface area contributed by atoms with Crippen LogP contribution in [0.4, 0.5) is 5.69 Å². The molecule has 0 aliphatic carbocycles. The Bertz CT molecular complexity index is 345. The number of hydrogen-bond acceptors (Lipinski definition) is 2. The minimum atomic E-state index is 0.597. The Morgan fingerprint density at radius 2 is 2.00 bits per heavy atom. The van der Waals surface area contributed by atoms with Crippen molar-refractivity contribution in [2.45, 2.75) is 33.1 Å². The van der Waals surface area contributed by atoms with Gasteiger partial charge in [-0.3, -0.25) is 0 Å². The summed E-state index contributed by atoms with van der Waals surface area (Å²) in [5.74, 6) is 0.597. The highest BCUT2D eigenvalue weighted by atomic mass is 15.1. The monoisotopic (exact) mass is 234 g/mol. The fourth-order valence-corrected chi connectivity index (χ4v) is 2.01. The highest BCUT2D eigenvalue weighted by Gasteiger charge is 2.07. The van der Waals surface area contributed by atoms with Crippen LogP contribution in [-0.2, 0) is 0 Å². The van der Waals surface area contributed by atoms with Gasteiger partial charge in [-0.05, 0) is 50.0 Å². The van der Waals surface area contributed by atoms with Crippen molar-refractivity contribution in [3.8, 4) is 0 Å². The summed E-state index contributed by atoms with van der Waals surface area (Å²) in [5.41, 5.74) is 4.15. The molecule has 0 spiro atoms. The summed E-state index contributed by atoms with van der Waals surface area (Å²) >= 11 is 0. The molecule has 0 amide bonds. The van der Waals surface area contributed by atoms with Crippen molar-refractivity contribution in [1.29, 1.82) is 0 Å². The number of aryl methyl sites for hydroxylation is 1. The summed E-state index contributed by atoms with van der Waals surface area (Å²) in [4.78, 5) is 2.36. The molecule has 2 heteroatoms. The van der Waals surface area contributed by atoms with E-state index in [1.54, 1.807) is 0 Å². The van der Waals surface area contributed by atoms with Gasteiger partial charge in [-0.15, -0.1) is 0 Å². The lowest BCUT2D eigenvalue weighted by atomic mass is 10.0. The average molecular weight is 234 g/mol. The van der Waals surface area contributed by atoms with Crippen LogP contribution in [0.15, 0.2) is 18.2 Å². The van der Waals surface area contributed by atoms with Gasteiger partial charge in [0.2, 0.25) is 0 Å². The van der Waals surface area contributed by atoms with E-state index in [1.807, 2.05) is 7.05 Å². The standard InChI is InChI=1S/C15H26N2/c1-12(2)14-8-7-13(3)15(11-14)17(5)10-6-9-16-4/h7-8,11-12,16H,6,9-10H2,1-5H3. The Morgan fingerprint density at radius 3 is 2.59 bits per heavy atom. The zero-order valence-electron chi connectivity index (χ0n) is 11.9. The molecule has 0 heterocycles. The van der Waals surface area contributed by atoms with Crippen LogP contribution in [0.5, 0.6) is 0 Å². The molecule has 96 valence electrons. The van der Waals surface area contributed by atoms with Gasteiger partial charge in [0.1, 0.15) is 0 Å². The molecule has 1 rings (SSSR count). The molecule has 0 aliphatic heterocycles. The largest absolute Gasteiger partial charge is 0.374 e. The van der Waals surface area contributed by atoms with E-state index in [9.17, 15) is 0 Å². The maximum Gasteiger partial charge on any atom is 0.0396 e. The van der Waals surface area contributed by atoms with E-state index in [2.05, 4.69) is 56.2 Å². The number of nitrogens with one attached hydrogen (secondary N) is 1. The normalized spacial score (nSPS) is 10.9. The molecule has 0 unspecified atom stereocenters. The lowest BCUT2D eigenvalue weighted by Gasteiger charge is -2.23. The van der Waals surface area contributed by atoms with Crippen LogP contribution in [0.25, 0.3) is 0 Å². The van der Waals surface area contributed by atoms with Gasteiger partial charge in [0, 0.05) is 19.3 Å². The number of rotatable bonds is 6. The molecule has 0 bridgehead atoms. The van der Waals surface area contributed by atoms with E-state index in [0.29, 0.717) is 5.92 Å². The SMILES string of the molecule is CNCCCN(C)c1cc(C(C)C)ccc1C. The molecule has 0 aromatic heterocycles. The van der Waals surface area contributed by atoms with Crippen molar-refractivity contribution in [2.75, 3.05) is 32.1 Å². The molecular weight excluding hydrogens is 208 g/mol. The van der Waals surface area contributed by atoms with Gasteiger partial charge in [-0.1, -0.05) is 26.0 Å². The van der Waals surface area contributed by atoms with Gasteiger partial charge in [0.25, 0.3) is 0 Å². The average Bonchev–Trinajstić information content (AvgIpc) is 2.29. The molecule has 0 saturated carbocycles. The van der Waals surface area contributed by atoms with E-state index in [4.69, 9.17) is 0 Å². The van der Waals surface area contributed by atoms with Crippen molar-refractivity contribution in [1.82, 2.24) is 5.32 Å². The van der Waals surface area contributed by atoms with Crippen molar-refractivity contribution in [3.63, 3.8) is 0 Å². The second-order valence-electron chi connectivity index (χ2n) is 5.08. The van der Waals surface area contributed by atoms with Gasteiger partial charge < -0.3 is 10.2 Å². The summed E-state index contributed by atoms with van der Waals surface area (Å²) in [7, 11) is 4.19. The molecular formula is C15H26N2. The number of benzene rings is 1. The second-order valence-corrected chi connectivity index (χ2v) is 5.08. The Balaban J connectivity index is 2.77. The lowest BCUT2D eigenvalue weighted by molar-refractivity contribution is 0.711. The summed E-state index contributed by atoms with van der Waals surface area (Å²) in [6.07, 6.45) is 1.18. The maximum atomic E-state index is 3.19. The third kappa shape index (κ3) is 4.04. The molecule has 0 radical (unpaired) electrons. The first kappa shape index (κ1) is 14.0. The predicted octanol–water partition coefficient (Wildman–Crippen LogP) is 3.16. The Hall–Kier alpha value is -1.02. The van der Waals surface area contributed by atoms with E-state index in [0.717, 1.165) is 13.1 Å². The zero-order chi connectivity index (χ0) is 12.8. The van der Waals surface area contributed by atoms with Gasteiger partial charge >= 0.3 is 0 Å². The molecule has 1 aromatic rings. The topological polar surface area (TPSA) is 15.3 Å². The van der Waals surface area contributed by atoms with Gasteiger partial charge in [-0.2, -0.15) is 0 Å². The van der Waals surface area contributed by atoms with Crippen LogP contribution in [0.1, 0.15) is 37.3 Å². The van der Waals surface area contributed by atoms with E-state index in [-0.39, 0.29) is 0 Å². The molecule has 0 aliphatic rings. The molecule has 17 heavy (non-hydrogen) atoms. The van der Waals surface area contributed by atoms with Crippen LogP contribution in [0.3, 0.4) is 0 Å². The van der Waals surface area contributed by atoms with Crippen LogP contribution in [-0.4, -0.2) is 27.2 Å². The number of hydrogen-bond donors (Lipinski definition) is 1. The Kier molecular flexibility index (Phi) is 5.49. The first-order valence-electron chi connectivity index (χ1n) is 6.52. The summed E-state index contributed by atoms with van der Waals surface area (Å²) in [6.45, 7) is 8.86. The van der Waals surface area contributed by atoms with Crippen molar-refractivity contribution in [2.24, 2.45) is 0 Å². The van der Waals surface area contributed by atoms with Gasteiger partial charge in [0.15, 0.2) is 0 Å². The third-order valence-electron chi connectivity index (χ3n) is 3.23.